The zero-order chi connectivity index (χ0) is 14.7. The highest BCUT2D eigenvalue weighted by Crippen LogP contribution is 2.35. The van der Waals surface area contributed by atoms with E-state index in [2.05, 4.69) is 20.9 Å². The minimum atomic E-state index is -0.371. The van der Waals surface area contributed by atoms with Crippen molar-refractivity contribution in [2.24, 2.45) is 0 Å². The van der Waals surface area contributed by atoms with Gasteiger partial charge >= 0.3 is 11.9 Å². The Labute approximate surface area is 128 Å². The molecule has 0 atom stereocenters. The predicted octanol–water partition coefficient (Wildman–Crippen LogP) is 3.30. The van der Waals surface area contributed by atoms with Gasteiger partial charge in [0.05, 0.1) is 16.8 Å². The van der Waals surface area contributed by atoms with Crippen molar-refractivity contribution in [2.45, 2.75) is 20.5 Å². The van der Waals surface area contributed by atoms with Crippen molar-refractivity contribution in [3.05, 3.63) is 27.2 Å². The van der Waals surface area contributed by atoms with E-state index in [1.807, 2.05) is 6.07 Å². The summed E-state index contributed by atoms with van der Waals surface area (Å²) >= 11 is 4.64. The van der Waals surface area contributed by atoms with Crippen molar-refractivity contribution in [3.63, 3.8) is 0 Å². The van der Waals surface area contributed by atoms with Crippen molar-refractivity contribution in [3.8, 4) is 0 Å². The minimum Gasteiger partial charge on any atom is -0.462 e. The molecule has 0 radical (unpaired) electrons. The molecule has 0 spiro atoms. The minimum absolute atomic E-state index is 0.121. The van der Waals surface area contributed by atoms with Gasteiger partial charge in [-0.05, 0) is 35.0 Å². The summed E-state index contributed by atoms with van der Waals surface area (Å²) in [7, 11) is 0. The van der Waals surface area contributed by atoms with Gasteiger partial charge in [0.2, 0.25) is 0 Å². The molecule has 2 rings (SSSR count). The average Bonchev–Trinajstić information content (AvgIpc) is 2.74. The third kappa shape index (κ3) is 3.16. The highest BCUT2D eigenvalue weighted by molar-refractivity contribution is 9.10. The lowest BCUT2D eigenvalue weighted by Crippen LogP contribution is -2.02. The van der Waals surface area contributed by atoms with E-state index in [0.717, 1.165) is 5.39 Å². The lowest BCUT2D eigenvalue weighted by atomic mass is 10.3. The van der Waals surface area contributed by atoms with Gasteiger partial charge in [0.15, 0.2) is 0 Å². The van der Waals surface area contributed by atoms with Gasteiger partial charge < -0.3 is 9.47 Å². The third-order valence-electron chi connectivity index (χ3n) is 2.44. The van der Waals surface area contributed by atoms with E-state index < -0.39 is 0 Å². The smallest absolute Gasteiger partial charge is 0.349 e. The summed E-state index contributed by atoms with van der Waals surface area (Å²) in [4.78, 5) is 28.1. The molecule has 0 aliphatic rings. The zero-order valence-electron chi connectivity index (χ0n) is 10.9. The third-order valence-corrected chi connectivity index (χ3v) is 4.60. The maximum absolute atomic E-state index is 11.8. The molecule has 0 N–H and O–H groups in total. The largest absolute Gasteiger partial charge is 0.462 e. The Hall–Kier alpha value is -1.47. The van der Waals surface area contributed by atoms with Crippen molar-refractivity contribution in [2.75, 3.05) is 6.61 Å². The maximum Gasteiger partial charge on any atom is 0.349 e. The van der Waals surface area contributed by atoms with Crippen molar-refractivity contribution in [1.29, 1.82) is 0 Å². The Kier molecular flexibility index (Phi) is 4.72. The fourth-order valence-corrected chi connectivity index (χ4v) is 3.41. The summed E-state index contributed by atoms with van der Waals surface area (Å²) in [6.45, 7) is 3.55. The van der Waals surface area contributed by atoms with Gasteiger partial charge in [-0.25, -0.2) is 9.78 Å². The Morgan fingerprint density at radius 2 is 2.10 bits per heavy atom. The number of aromatic nitrogens is 1. The van der Waals surface area contributed by atoms with E-state index in [1.54, 1.807) is 13.0 Å². The van der Waals surface area contributed by atoms with E-state index >= 15 is 0 Å². The number of carbonyl (C=O) groups excluding carboxylic acids is 2. The molecule has 0 saturated heterocycles. The summed E-state index contributed by atoms with van der Waals surface area (Å²) in [6.07, 6.45) is 0. The van der Waals surface area contributed by atoms with Crippen LogP contribution in [0.4, 0.5) is 0 Å². The molecule has 2 heterocycles. The second-order valence-corrected chi connectivity index (χ2v) is 5.69. The SMILES string of the molecule is CCOC(=O)c1sc2nc(COC(C)=O)ccc2c1Br. The maximum atomic E-state index is 11.8. The van der Waals surface area contributed by atoms with E-state index in [9.17, 15) is 9.59 Å². The second-order valence-electron chi connectivity index (χ2n) is 3.90. The normalized spacial score (nSPS) is 10.6. The summed E-state index contributed by atoms with van der Waals surface area (Å²) in [5.74, 6) is -0.726. The molecule has 2 aromatic heterocycles. The van der Waals surface area contributed by atoms with Crippen LogP contribution >= 0.6 is 27.3 Å². The molecular formula is C13H12BrNO4S. The molecule has 0 saturated carbocycles. The van der Waals surface area contributed by atoms with Crippen LogP contribution in [0.15, 0.2) is 16.6 Å². The number of thiophene rings is 1. The van der Waals surface area contributed by atoms with Crippen molar-refractivity contribution in [1.82, 2.24) is 4.98 Å². The standard InChI is InChI=1S/C13H12BrNO4S/c1-3-18-13(17)11-10(14)9-5-4-8(6-19-7(2)16)15-12(9)20-11/h4-5H,3,6H2,1-2H3. The van der Waals surface area contributed by atoms with Crippen LogP contribution in [0.1, 0.15) is 29.2 Å². The fourth-order valence-electron chi connectivity index (χ4n) is 1.57. The number of nitrogens with zero attached hydrogens (tertiary/aromatic N) is 1. The van der Waals surface area contributed by atoms with Gasteiger partial charge in [0.25, 0.3) is 0 Å². The van der Waals surface area contributed by atoms with Gasteiger partial charge in [0.1, 0.15) is 16.3 Å². The number of halogens is 1. The molecule has 106 valence electrons. The van der Waals surface area contributed by atoms with Gasteiger partial charge in [-0.2, -0.15) is 0 Å². The summed E-state index contributed by atoms with van der Waals surface area (Å²) < 4.78 is 10.6. The number of rotatable bonds is 4. The summed E-state index contributed by atoms with van der Waals surface area (Å²) in [6, 6.07) is 3.60. The first kappa shape index (κ1) is 14.9. The lowest BCUT2D eigenvalue weighted by Gasteiger charge is -2.00. The van der Waals surface area contributed by atoms with Crippen LogP contribution < -0.4 is 0 Å². The van der Waals surface area contributed by atoms with E-state index in [0.29, 0.717) is 26.5 Å². The Morgan fingerprint density at radius 3 is 2.75 bits per heavy atom. The number of esters is 2. The van der Waals surface area contributed by atoms with Crippen LogP contribution in [0.2, 0.25) is 0 Å². The summed E-state index contributed by atoms with van der Waals surface area (Å²) in [5, 5.41) is 0.838. The molecule has 7 heteroatoms. The van der Waals surface area contributed by atoms with Gasteiger partial charge in [-0.1, -0.05) is 0 Å². The molecule has 0 bridgehead atoms. The van der Waals surface area contributed by atoms with Gasteiger partial charge in [-0.15, -0.1) is 11.3 Å². The van der Waals surface area contributed by atoms with E-state index in [1.165, 1.54) is 18.3 Å². The molecule has 0 unspecified atom stereocenters. The number of pyridine rings is 1. The quantitative estimate of drug-likeness (QED) is 0.785. The molecular weight excluding hydrogens is 346 g/mol. The van der Waals surface area contributed by atoms with E-state index in [-0.39, 0.29) is 18.5 Å². The Balaban J connectivity index is 2.34. The molecule has 5 nitrogen and oxygen atoms in total. The topological polar surface area (TPSA) is 65.5 Å². The molecule has 0 aliphatic heterocycles. The number of carbonyl (C=O) groups is 2. The number of fused-ring (bicyclic) bond motifs is 1. The molecule has 2 aromatic rings. The molecule has 0 amide bonds. The van der Waals surface area contributed by atoms with Crippen LogP contribution in [0, 0.1) is 0 Å². The molecule has 0 fully saturated rings. The van der Waals surface area contributed by atoms with Gasteiger partial charge in [-0.3, -0.25) is 4.79 Å². The van der Waals surface area contributed by atoms with Crippen LogP contribution in [-0.4, -0.2) is 23.5 Å². The van der Waals surface area contributed by atoms with Crippen molar-refractivity contribution >= 4 is 49.4 Å². The van der Waals surface area contributed by atoms with Crippen molar-refractivity contribution < 1.29 is 19.1 Å². The Morgan fingerprint density at radius 1 is 1.35 bits per heavy atom. The fraction of sp³-hybridized carbons (Fsp3) is 0.308. The average molecular weight is 358 g/mol. The van der Waals surface area contributed by atoms with Gasteiger partial charge in [0, 0.05) is 12.3 Å². The molecule has 20 heavy (non-hydrogen) atoms. The summed E-state index contributed by atoms with van der Waals surface area (Å²) in [5.41, 5.74) is 0.636. The van der Waals surface area contributed by atoms with Crippen LogP contribution in [-0.2, 0) is 20.9 Å². The predicted molar refractivity (Wildman–Crippen MR) is 78.7 cm³/mol. The van der Waals surface area contributed by atoms with E-state index in [4.69, 9.17) is 9.47 Å². The first-order valence-electron chi connectivity index (χ1n) is 5.91. The number of hydrogen-bond donors (Lipinski definition) is 0. The Bertz CT molecular complexity index is 668. The first-order chi connectivity index (χ1) is 9.52. The monoisotopic (exact) mass is 357 g/mol. The first-order valence-corrected chi connectivity index (χ1v) is 7.52. The zero-order valence-corrected chi connectivity index (χ0v) is 13.3. The number of ether oxygens (including phenoxy) is 2. The van der Waals surface area contributed by atoms with Crippen LogP contribution in [0.25, 0.3) is 10.2 Å². The molecule has 0 aliphatic carbocycles. The highest BCUT2D eigenvalue weighted by Gasteiger charge is 2.18. The van der Waals surface area contributed by atoms with Crippen LogP contribution in [0.5, 0.6) is 0 Å². The molecule has 0 aromatic carbocycles. The number of hydrogen-bond acceptors (Lipinski definition) is 6. The lowest BCUT2D eigenvalue weighted by molar-refractivity contribution is -0.142. The second kappa shape index (κ2) is 6.32. The highest BCUT2D eigenvalue weighted by atomic mass is 79.9. The van der Waals surface area contributed by atoms with Crippen LogP contribution in [0.3, 0.4) is 0 Å².